The Balaban J connectivity index is 1.87. The Morgan fingerprint density at radius 3 is 1.75 bits per heavy atom. The maximum Gasteiger partial charge on any atom is 0.408 e. The lowest BCUT2D eigenvalue weighted by Gasteiger charge is -2.38. The summed E-state index contributed by atoms with van der Waals surface area (Å²) >= 11 is 0. The molecule has 0 spiro atoms. The van der Waals surface area contributed by atoms with E-state index in [1.807, 2.05) is 5.32 Å². The number of hydrazine groups is 1. The number of benzene rings is 2. The van der Waals surface area contributed by atoms with Gasteiger partial charge >= 0.3 is 37.5 Å². The number of ketones is 1. The molecule has 2 aromatic heterocycles. The minimum Gasteiger partial charge on any atom is -0.460 e. The topological polar surface area (TPSA) is 170 Å². The van der Waals surface area contributed by atoms with Gasteiger partial charge in [-0.3, -0.25) is 19.8 Å². The first-order chi connectivity index (χ1) is 34.2. The number of aromatic nitrogens is 4. The molecular formula is C49H59F12N7O7. The molecule has 0 saturated carbocycles. The maximum absolute atomic E-state index is 16.1. The van der Waals surface area contributed by atoms with E-state index in [1.165, 1.54) is 65.8 Å². The van der Waals surface area contributed by atoms with Gasteiger partial charge in [0.25, 0.3) is 0 Å². The average Bonchev–Trinajstić information content (AvgIpc) is 3.96. The molecule has 26 heteroatoms. The molecule has 0 aliphatic carbocycles. The molecule has 0 aliphatic heterocycles. The van der Waals surface area contributed by atoms with E-state index in [9.17, 15) is 68.2 Å². The lowest BCUT2D eigenvalue weighted by Crippen LogP contribution is -2.57. The molecule has 75 heavy (non-hydrogen) atoms. The highest BCUT2D eigenvalue weighted by molar-refractivity contribution is 5.89. The third-order valence-electron chi connectivity index (χ3n) is 12.0. The number of hydrogen-bond donors (Lipinski definition) is 3. The first-order valence-corrected chi connectivity index (χ1v) is 23.0. The van der Waals surface area contributed by atoms with E-state index in [-0.39, 0.29) is 27.1 Å². The molecule has 4 atom stereocenters. The Hall–Kier alpha value is -6.18. The maximum atomic E-state index is 16.1. The SMILES string of the molecule is CC(C)(C)OC(=O)C[C@H](C(=O)NN(Cc1c(F)cc(-c2ccn(C(F)F)n2)cc1F)C[C@H](O)[C@@H](CC(=O)[C@@H](NC(=O)OC(C)(C)C)C(C)(C)C(F)(F)F)Cc1ccc(-c2cnn(C(F)F)c2)cc1)C(C)(C)C(F)(F)F. The highest BCUT2D eigenvalue weighted by Crippen LogP contribution is 2.46. The zero-order valence-corrected chi connectivity index (χ0v) is 42.4. The number of carbonyl (C=O) groups is 4. The number of alkyl carbamates (subject to hydrolysis) is 1. The number of aliphatic hydroxyl groups is 1. The molecule has 416 valence electrons. The van der Waals surface area contributed by atoms with Crippen LogP contribution in [-0.4, -0.2) is 95.7 Å². The van der Waals surface area contributed by atoms with E-state index < -0.39 is 145 Å². The molecule has 14 nitrogen and oxygen atoms in total. The number of hydrogen-bond acceptors (Lipinski definition) is 10. The van der Waals surface area contributed by atoms with Crippen LogP contribution in [0.15, 0.2) is 61.1 Å². The van der Waals surface area contributed by atoms with E-state index in [0.717, 1.165) is 24.7 Å². The summed E-state index contributed by atoms with van der Waals surface area (Å²) < 4.78 is 185. The predicted octanol–water partition coefficient (Wildman–Crippen LogP) is 10.9. The number of Topliss-reactive ketones (excluding diaryl/α,β-unsaturated/α-hetero) is 1. The fraction of sp³-hybridized carbons (Fsp3) is 0.551. The number of esters is 1. The van der Waals surface area contributed by atoms with Crippen molar-refractivity contribution in [2.24, 2.45) is 22.7 Å². The molecule has 4 aromatic rings. The summed E-state index contributed by atoms with van der Waals surface area (Å²) in [5.41, 5.74) is -7.33. The first-order valence-electron chi connectivity index (χ1n) is 23.0. The summed E-state index contributed by atoms with van der Waals surface area (Å²) in [6.07, 6.45) is -13.7. The summed E-state index contributed by atoms with van der Waals surface area (Å²) in [6, 6.07) is 5.54. The van der Waals surface area contributed by atoms with Gasteiger partial charge in [0.1, 0.15) is 28.9 Å². The summed E-state index contributed by atoms with van der Waals surface area (Å²) in [7, 11) is 0. The zero-order chi connectivity index (χ0) is 57.0. The van der Waals surface area contributed by atoms with Crippen LogP contribution in [0.5, 0.6) is 0 Å². The molecule has 0 radical (unpaired) electrons. The van der Waals surface area contributed by atoms with Crippen molar-refractivity contribution >= 4 is 23.8 Å². The van der Waals surface area contributed by atoms with Crippen LogP contribution in [0, 0.1) is 34.3 Å². The largest absolute Gasteiger partial charge is 0.460 e. The monoisotopic (exact) mass is 1090 g/mol. The molecule has 0 aliphatic rings. The van der Waals surface area contributed by atoms with Gasteiger partial charge in [-0.15, -0.1) is 0 Å². The minimum atomic E-state index is -5.20. The number of nitrogens with zero attached hydrogens (tertiary/aromatic N) is 5. The standard InChI is InChI=1S/C49H59F12N7O7/c1-44(2,3)74-38(71)21-32(46(7,8)48(56,57)58)40(72)65-66(24-31-33(50)18-28(19-34(31)51)35-15-16-67(64-35)41(52)53)25-37(70)29(17-26-11-13-27(14-12-26)30-22-62-68(23-30)42(54)55)20-36(69)39(47(9,10)49(59,60)61)63-43(73)75-45(4,5)6/h11-16,18-19,22-23,29,32,37,39,41-42,70H,17,20-21,24-25H2,1-10H3,(H,63,73)(H,65,72)/t29-,32-,37+,39-/m1/s1. The van der Waals surface area contributed by atoms with E-state index >= 15 is 8.78 Å². The normalized spacial score (nSPS) is 14.7. The zero-order valence-electron chi connectivity index (χ0n) is 42.4. The van der Waals surface area contributed by atoms with Gasteiger partial charge in [-0.25, -0.2) is 27.9 Å². The number of carbonyl (C=O) groups excluding carboxylic acids is 4. The molecular weight excluding hydrogens is 1030 g/mol. The highest BCUT2D eigenvalue weighted by Gasteiger charge is 2.57. The van der Waals surface area contributed by atoms with Crippen molar-refractivity contribution in [1.82, 2.24) is 35.3 Å². The van der Waals surface area contributed by atoms with Crippen LogP contribution in [0.2, 0.25) is 0 Å². The lowest BCUT2D eigenvalue weighted by atomic mass is 9.75. The van der Waals surface area contributed by atoms with Crippen LogP contribution in [0.25, 0.3) is 22.4 Å². The lowest BCUT2D eigenvalue weighted by molar-refractivity contribution is -0.231. The van der Waals surface area contributed by atoms with Gasteiger partial charge in [0.15, 0.2) is 5.78 Å². The Morgan fingerprint density at radius 2 is 1.27 bits per heavy atom. The van der Waals surface area contributed by atoms with Crippen LogP contribution >= 0.6 is 0 Å². The molecule has 4 rings (SSSR count). The van der Waals surface area contributed by atoms with Gasteiger partial charge in [0.05, 0.1) is 41.2 Å². The van der Waals surface area contributed by atoms with Crippen molar-refractivity contribution in [3.05, 3.63) is 83.8 Å². The van der Waals surface area contributed by atoms with E-state index in [2.05, 4.69) is 15.6 Å². The molecule has 2 heterocycles. The highest BCUT2D eigenvalue weighted by atomic mass is 19.4. The molecule has 0 unspecified atom stereocenters. The van der Waals surface area contributed by atoms with E-state index in [4.69, 9.17) is 9.47 Å². The van der Waals surface area contributed by atoms with Crippen LogP contribution < -0.4 is 10.7 Å². The van der Waals surface area contributed by atoms with Crippen molar-refractivity contribution in [1.29, 1.82) is 0 Å². The summed E-state index contributed by atoms with van der Waals surface area (Å²) in [5, 5.41) is 21.8. The smallest absolute Gasteiger partial charge is 0.408 e. The third kappa shape index (κ3) is 16.4. The van der Waals surface area contributed by atoms with Crippen molar-refractivity contribution < 1.29 is 86.4 Å². The van der Waals surface area contributed by atoms with Crippen LogP contribution in [0.4, 0.5) is 57.5 Å². The number of rotatable bonds is 21. The first kappa shape index (κ1) is 61.4. The number of amides is 2. The number of aliphatic hydroxyl groups excluding tert-OH is 1. The fourth-order valence-corrected chi connectivity index (χ4v) is 7.58. The number of ether oxygens (including phenoxy) is 2. The molecule has 3 N–H and O–H groups in total. The summed E-state index contributed by atoms with van der Waals surface area (Å²) in [5.74, 6) is -11.0. The van der Waals surface area contributed by atoms with Gasteiger partial charge in [-0.2, -0.15) is 54.1 Å². The Bertz CT molecular complexity index is 2600. The Kier molecular flexibility index (Phi) is 19.1. The van der Waals surface area contributed by atoms with Crippen LogP contribution in [0.1, 0.15) is 106 Å². The van der Waals surface area contributed by atoms with Crippen molar-refractivity contribution in [3.8, 4) is 22.4 Å². The van der Waals surface area contributed by atoms with Crippen molar-refractivity contribution in [3.63, 3.8) is 0 Å². The van der Waals surface area contributed by atoms with Crippen LogP contribution in [0.3, 0.4) is 0 Å². The van der Waals surface area contributed by atoms with Crippen molar-refractivity contribution in [2.45, 2.75) is 144 Å². The quantitative estimate of drug-likeness (QED) is 0.0415. The van der Waals surface area contributed by atoms with Gasteiger partial charge in [0, 0.05) is 48.6 Å². The number of nitrogens with one attached hydrogen (secondary N) is 2. The van der Waals surface area contributed by atoms with E-state index in [1.54, 1.807) is 0 Å². The average molecular weight is 1090 g/mol. The van der Waals surface area contributed by atoms with Gasteiger partial charge < -0.3 is 19.9 Å². The molecule has 2 amide bonds. The number of halogens is 12. The molecule has 0 fully saturated rings. The van der Waals surface area contributed by atoms with Gasteiger partial charge in [-0.1, -0.05) is 38.1 Å². The Morgan fingerprint density at radius 1 is 0.720 bits per heavy atom. The van der Waals surface area contributed by atoms with Crippen molar-refractivity contribution in [2.75, 3.05) is 6.54 Å². The Labute approximate surface area is 424 Å². The molecule has 0 saturated heterocycles. The second kappa shape index (κ2) is 23.4. The summed E-state index contributed by atoms with van der Waals surface area (Å²) in [4.78, 5) is 54.6. The van der Waals surface area contributed by atoms with E-state index in [0.29, 0.717) is 55.1 Å². The predicted molar refractivity (Wildman–Crippen MR) is 246 cm³/mol. The second-order valence-electron chi connectivity index (χ2n) is 21.0. The molecule has 2 aromatic carbocycles. The fourth-order valence-electron chi connectivity index (χ4n) is 7.58. The second-order valence-corrected chi connectivity index (χ2v) is 21.0. The van der Waals surface area contributed by atoms with Crippen LogP contribution in [-0.2, 0) is 36.8 Å². The minimum absolute atomic E-state index is 0.189. The third-order valence-corrected chi connectivity index (χ3v) is 12.0. The van der Waals surface area contributed by atoms with Gasteiger partial charge in [-0.05, 0) is 97.1 Å². The molecule has 0 bridgehead atoms. The van der Waals surface area contributed by atoms with Gasteiger partial charge in [0.2, 0.25) is 5.91 Å². The summed E-state index contributed by atoms with van der Waals surface area (Å²) in [6.45, 7) is 2.44. The number of alkyl halides is 10.